The van der Waals surface area contributed by atoms with Gasteiger partial charge in [-0.05, 0) is 11.6 Å². The molecule has 15 heavy (non-hydrogen) atoms. The molecule has 1 heterocycles. The van der Waals surface area contributed by atoms with Crippen LogP contribution in [0.5, 0.6) is 0 Å². The summed E-state index contributed by atoms with van der Waals surface area (Å²) in [5.74, 6) is 0. The molecule has 1 aliphatic rings. The lowest BCUT2D eigenvalue weighted by atomic mass is 10.6. The van der Waals surface area contributed by atoms with Crippen molar-refractivity contribution in [3.63, 3.8) is 0 Å². The summed E-state index contributed by atoms with van der Waals surface area (Å²) in [7, 11) is 0. The van der Waals surface area contributed by atoms with Crippen LogP contribution < -0.4 is 5.43 Å². The van der Waals surface area contributed by atoms with Crippen molar-refractivity contribution in [3.8, 4) is 0 Å². The van der Waals surface area contributed by atoms with Crippen molar-refractivity contribution < 1.29 is 0 Å². The van der Waals surface area contributed by atoms with Crippen LogP contribution in [0.4, 0.5) is 0 Å². The van der Waals surface area contributed by atoms with Crippen LogP contribution in [0.15, 0.2) is 35.3 Å². The van der Waals surface area contributed by atoms with Crippen LogP contribution in [-0.4, -0.2) is 41.5 Å². The minimum Gasteiger partial charge on any atom is -0.250 e. The lowest BCUT2D eigenvalue weighted by molar-refractivity contribution is 0.0106. The topological polar surface area (TPSA) is 43.2 Å². The van der Waals surface area contributed by atoms with E-state index in [4.69, 9.17) is 11.6 Å². The lowest BCUT2D eigenvalue weighted by Crippen LogP contribution is -2.53. The molecule has 0 saturated carbocycles. The Morgan fingerprint density at radius 2 is 2.40 bits per heavy atom. The molecule has 0 amide bonds. The first kappa shape index (κ1) is 11.9. The van der Waals surface area contributed by atoms with Crippen molar-refractivity contribution >= 4 is 23.2 Å². The van der Waals surface area contributed by atoms with Crippen LogP contribution in [0.3, 0.4) is 0 Å². The van der Waals surface area contributed by atoms with Crippen LogP contribution in [0, 0.1) is 0 Å². The second-order valence-corrected chi connectivity index (χ2v) is 3.10. The highest BCUT2D eigenvalue weighted by Gasteiger charge is 2.17. The molecule has 0 aromatic rings. The molecule has 1 N–H and O–H groups in total. The molecule has 0 atom stereocenters. The summed E-state index contributed by atoms with van der Waals surface area (Å²) in [5.41, 5.74) is 3.10. The number of nitrogens with one attached hydrogen (secondary N) is 1. The zero-order valence-electron chi connectivity index (χ0n) is 8.43. The molecule has 1 aliphatic heterocycles. The van der Waals surface area contributed by atoms with Gasteiger partial charge in [-0.2, -0.15) is 0 Å². The van der Waals surface area contributed by atoms with Gasteiger partial charge in [0.15, 0.2) is 0 Å². The molecule has 0 unspecified atom stereocenters. The summed E-state index contributed by atoms with van der Waals surface area (Å²) >= 11 is 5.93. The largest absolute Gasteiger partial charge is 0.250 e. The third-order valence-corrected chi connectivity index (χ3v) is 1.98. The van der Waals surface area contributed by atoms with E-state index in [9.17, 15) is 0 Å². The Bertz CT molecular complexity index is 286. The molecule has 0 aromatic carbocycles. The zero-order chi connectivity index (χ0) is 11.1. The number of hydrogen-bond donors (Lipinski definition) is 1. The first-order valence-corrected chi connectivity index (χ1v) is 4.89. The highest BCUT2D eigenvalue weighted by Crippen LogP contribution is 2.04. The van der Waals surface area contributed by atoms with Gasteiger partial charge in [-0.1, -0.05) is 12.2 Å². The molecule has 0 aliphatic carbocycles. The Kier molecular flexibility index (Phi) is 5.03. The summed E-state index contributed by atoms with van der Waals surface area (Å²) in [6.45, 7) is 8.99. The molecule has 0 fully saturated rings. The highest BCUT2D eigenvalue weighted by atomic mass is 35.5. The van der Waals surface area contributed by atoms with Gasteiger partial charge in [-0.15, -0.1) is 18.3 Å². The lowest BCUT2D eigenvalue weighted by Gasteiger charge is -2.33. The molecule has 6 heteroatoms. The quantitative estimate of drug-likeness (QED) is 0.418. The first-order chi connectivity index (χ1) is 7.29. The van der Waals surface area contributed by atoms with E-state index in [1.807, 2.05) is 0 Å². The van der Waals surface area contributed by atoms with Crippen LogP contribution >= 0.6 is 11.6 Å². The highest BCUT2D eigenvalue weighted by molar-refractivity contribution is 6.65. The van der Waals surface area contributed by atoms with Gasteiger partial charge in [0.1, 0.15) is 13.0 Å². The molecular formula is C9H14ClN5. The van der Waals surface area contributed by atoms with Crippen LogP contribution in [0.2, 0.25) is 0 Å². The number of hydrogen-bond acceptors (Lipinski definition) is 5. The maximum Gasteiger partial charge on any atom is 0.217 e. The zero-order valence-corrected chi connectivity index (χ0v) is 9.19. The van der Waals surface area contributed by atoms with E-state index in [1.165, 1.54) is 6.34 Å². The first-order valence-electron chi connectivity index (χ1n) is 4.51. The van der Waals surface area contributed by atoms with Crippen LogP contribution in [0.1, 0.15) is 0 Å². The van der Waals surface area contributed by atoms with Gasteiger partial charge in [0.2, 0.25) is 5.29 Å². The van der Waals surface area contributed by atoms with Gasteiger partial charge in [0, 0.05) is 6.54 Å². The van der Waals surface area contributed by atoms with E-state index in [0.29, 0.717) is 25.1 Å². The Morgan fingerprint density at radius 3 is 3.00 bits per heavy atom. The second-order valence-electron chi connectivity index (χ2n) is 2.76. The maximum atomic E-state index is 5.93. The van der Waals surface area contributed by atoms with Gasteiger partial charge in [-0.3, -0.25) is 4.99 Å². The van der Waals surface area contributed by atoms with E-state index in [-0.39, 0.29) is 0 Å². The van der Waals surface area contributed by atoms with Crippen molar-refractivity contribution in [2.45, 2.75) is 0 Å². The third-order valence-electron chi connectivity index (χ3n) is 1.69. The summed E-state index contributed by atoms with van der Waals surface area (Å²) in [4.78, 5) is 7.90. The monoisotopic (exact) mass is 227 g/mol. The van der Waals surface area contributed by atoms with Gasteiger partial charge in [-0.25, -0.2) is 15.4 Å². The molecule has 0 spiro atoms. The molecule has 5 nitrogen and oxygen atoms in total. The SMILES string of the molecule is C=CCNN(CC=C)N1CN=CN=C1Cl. The number of hydrazine groups is 2. The fraction of sp³-hybridized carbons (Fsp3) is 0.333. The maximum absolute atomic E-state index is 5.93. The number of amidine groups is 1. The molecule has 0 saturated heterocycles. The van der Waals surface area contributed by atoms with Crippen LogP contribution in [-0.2, 0) is 0 Å². The van der Waals surface area contributed by atoms with Crippen molar-refractivity contribution in [3.05, 3.63) is 25.3 Å². The molecular weight excluding hydrogens is 214 g/mol. The summed E-state index contributed by atoms with van der Waals surface area (Å²) in [6.07, 6.45) is 4.96. The van der Waals surface area contributed by atoms with Crippen molar-refractivity contribution in [1.82, 2.24) is 15.6 Å². The smallest absolute Gasteiger partial charge is 0.217 e. The number of aliphatic imine (C=N–C) groups is 2. The Balaban J connectivity index is 2.61. The molecule has 0 radical (unpaired) electrons. The minimum absolute atomic E-state index is 0.378. The number of nitrogens with zero attached hydrogens (tertiary/aromatic N) is 4. The Labute approximate surface area is 94.4 Å². The Morgan fingerprint density at radius 1 is 1.60 bits per heavy atom. The summed E-state index contributed by atoms with van der Waals surface area (Å²) in [6, 6.07) is 0. The third kappa shape index (κ3) is 3.47. The van der Waals surface area contributed by atoms with Crippen molar-refractivity contribution in [2.24, 2.45) is 9.98 Å². The summed E-state index contributed by atoms with van der Waals surface area (Å²) in [5, 5.41) is 3.88. The Hall–Kier alpha value is -1.17. The van der Waals surface area contributed by atoms with Gasteiger partial charge < -0.3 is 0 Å². The van der Waals surface area contributed by atoms with E-state index < -0.39 is 0 Å². The average Bonchev–Trinajstić information content (AvgIpc) is 2.25. The predicted molar refractivity (Wildman–Crippen MR) is 63.6 cm³/mol. The predicted octanol–water partition coefficient (Wildman–Crippen LogP) is 0.976. The minimum atomic E-state index is 0.378. The number of rotatable bonds is 6. The van der Waals surface area contributed by atoms with Crippen molar-refractivity contribution in [1.29, 1.82) is 0 Å². The van der Waals surface area contributed by atoms with Gasteiger partial charge in [0.25, 0.3) is 0 Å². The number of halogens is 1. The fourth-order valence-electron chi connectivity index (χ4n) is 1.04. The van der Waals surface area contributed by atoms with Gasteiger partial charge in [0.05, 0.1) is 6.54 Å². The van der Waals surface area contributed by atoms with E-state index in [2.05, 4.69) is 28.6 Å². The summed E-state index contributed by atoms with van der Waals surface area (Å²) < 4.78 is 0. The normalized spacial score (nSPS) is 15.3. The second kappa shape index (κ2) is 6.34. The average molecular weight is 228 g/mol. The van der Waals surface area contributed by atoms with E-state index in [0.717, 1.165) is 0 Å². The molecule has 82 valence electrons. The molecule has 1 rings (SSSR count). The van der Waals surface area contributed by atoms with Crippen LogP contribution in [0.25, 0.3) is 0 Å². The standard InChI is InChI=1S/C9H14ClN5/c1-3-5-13-15(6-4-2)14-8-11-7-12-9(14)10/h3-4,7,13H,1-2,5-6,8H2. The fourth-order valence-corrected chi connectivity index (χ4v) is 1.23. The van der Waals surface area contributed by atoms with Gasteiger partial charge >= 0.3 is 0 Å². The van der Waals surface area contributed by atoms with Crippen molar-refractivity contribution in [2.75, 3.05) is 19.8 Å². The molecule has 0 bridgehead atoms. The van der Waals surface area contributed by atoms with E-state index in [1.54, 1.807) is 22.3 Å². The molecule has 0 aromatic heterocycles. The van der Waals surface area contributed by atoms with E-state index >= 15 is 0 Å².